The molecule has 0 unspecified atom stereocenters. The number of anilines is 1. The van der Waals surface area contributed by atoms with Crippen molar-refractivity contribution in [2.75, 3.05) is 18.4 Å². The molecular weight excluding hydrogens is 312 g/mol. The average molecular weight is 336 g/mol. The number of hydrogen-bond donors (Lipinski definition) is 1. The van der Waals surface area contributed by atoms with Crippen molar-refractivity contribution >= 4 is 17.5 Å². The maximum Gasteiger partial charge on any atom is 0.227 e. The van der Waals surface area contributed by atoms with Gasteiger partial charge in [0.2, 0.25) is 11.8 Å². The quantitative estimate of drug-likeness (QED) is 0.930. The van der Waals surface area contributed by atoms with E-state index in [1.54, 1.807) is 0 Å². The first-order valence-electron chi connectivity index (χ1n) is 8.81. The first-order valence-corrected chi connectivity index (χ1v) is 8.81. The zero-order chi connectivity index (χ0) is 17.6. The van der Waals surface area contributed by atoms with Crippen LogP contribution in [0.2, 0.25) is 0 Å². The summed E-state index contributed by atoms with van der Waals surface area (Å²) in [5.41, 5.74) is 3.05. The molecule has 1 heterocycles. The molecule has 130 valence electrons. The Morgan fingerprint density at radius 1 is 1.00 bits per heavy atom. The third-order valence-electron chi connectivity index (χ3n) is 4.86. The highest BCUT2D eigenvalue weighted by atomic mass is 16.2. The summed E-state index contributed by atoms with van der Waals surface area (Å²) in [4.78, 5) is 26.8. The van der Waals surface area contributed by atoms with Gasteiger partial charge in [0.25, 0.3) is 0 Å². The molecule has 1 aliphatic heterocycles. The van der Waals surface area contributed by atoms with Gasteiger partial charge in [-0.15, -0.1) is 0 Å². The van der Waals surface area contributed by atoms with Crippen LogP contribution in [-0.2, 0) is 16.0 Å². The molecule has 0 atom stereocenters. The van der Waals surface area contributed by atoms with E-state index in [9.17, 15) is 9.59 Å². The van der Waals surface area contributed by atoms with E-state index in [2.05, 4.69) is 5.32 Å². The van der Waals surface area contributed by atoms with Gasteiger partial charge in [0, 0.05) is 24.7 Å². The summed E-state index contributed by atoms with van der Waals surface area (Å²) < 4.78 is 0. The van der Waals surface area contributed by atoms with Crippen molar-refractivity contribution in [3.63, 3.8) is 0 Å². The highest BCUT2D eigenvalue weighted by Crippen LogP contribution is 2.20. The van der Waals surface area contributed by atoms with Crippen molar-refractivity contribution in [3.05, 3.63) is 65.7 Å². The van der Waals surface area contributed by atoms with Crippen molar-refractivity contribution < 1.29 is 9.59 Å². The fraction of sp³-hybridized carbons (Fsp3) is 0.333. The largest absolute Gasteiger partial charge is 0.342 e. The minimum absolute atomic E-state index is 0.0253. The zero-order valence-corrected chi connectivity index (χ0v) is 14.6. The summed E-state index contributed by atoms with van der Waals surface area (Å²) in [6.07, 6.45) is 1.88. The first-order chi connectivity index (χ1) is 12.1. The number of nitrogens with zero attached hydrogens (tertiary/aromatic N) is 1. The number of likely N-dealkylation sites (tertiary alicyclic amines) is 1. The molecule has 4 heteroatoms. The highest BCUT2D eigenvalue weighted by molar-refractivity contribution is 5.92. The number of amides is 2. The Hall–Kier alpha value is -2.62. The predicted molar refractivity (Wildman–Crippen MR) is 99.3 cm³/mol. The van der Waals surface area contributed by atoms with Gasteiger partial charge in [-0.2, -0.15) is 0 Å². The van der Waals surface area contributed by atoms with Gasteiger partial charge in [0.05, 0.1) is 6.42 Å². The molecule has 1 fully saturated rings. The van der Waals surface area contributed by atoms with Gasteiger partial charge in [-0.3, -0.25) is 9.59 Å². The van der Waals surface area contributed by atoms with E-state index in [1.165, 1.54) is 0 Å². The predicted octanol–water partition coefficient (Wildman–Crippen LogP) is 3.41. The molecule has 1 saturated heterocycles. The van der Waals surface area contributed by atoms with Crippen LogP contribution in [0.5, 0.6) is 0 Å². The van der Waals surface area contributed by atoms with Crippen LogP contribution in [0, 0.1) is 12.8 Å². The molecule has 0 saturated carbocycles. The SMILES string of the molecule is Cc1ccccc1CC(=O)N1CCC(C(=O)Nc2ccccc2)CC1. The number of para-hydroxylation sites is 1. The van der Waals surface area contributed by atoms with Gasteiger partial charge in [-0.25, -0.2) is 0 Å². The summed E-state index contributed by atoms with van der Waals surface area (Å²) in [5.74, 6) is 0.177. The van der Waals surface area contributed by atoms with Gasteiger partial charge in [0.15, 0.2) is 0 Å². The van der Waals surface area contributed by atoms with Gasteiger partial charge in [-0.1, -0.05) is 42.5 Å². The van der Waals surface area contributed by atoms with Crippen LogP contribution in [0.15, 0.2) is 54.6 Å². The molecule has 1 aliphatic rings. The lowest BCUT2D eigenvalue weighted by Gasteiger charge is -2.31. The second-order valence-electron chi connectivity index (χ2n) is 6.61. The molecule has 0 radical (unpaired) electrons. The molecule has 1 N–H and O–H groups in total. The summed E-state index contributed by atoms with van der Waals surface area (Å²) in [5, 5.41) is 2.96. The van der Waals surface area contributed by atoms with Crippen molar-refractivity contribution in [2.45, 2.75) is 26.2 Å². The summed E-state index contributed by atoms with van der Waals surface area (Å²) in [6.45, 7) is 3.33. The zero-order valence-electron chi connectivity index (χ0n) is 14.6. The fourth-order valence-corrected chi connectivity index (χ4v) is 3.24. The molecule has 0 bridgehead atoms. The van der Waals surface area contributed by atoms with Crippen LogP contribution in [0.4, 0.5) is 5.69 Å². The molecule has 3 rings (SSSR count). The summed E-state index contributed by atoms with van der Waals surface area (Å²) >= 11 is 0. The van der Waals surface area contributed by atoms with E-state index in [1.807, 2.05) is 66.4 Å². The minimum Gasteiger partial charge on any atom is -0.342 e. The van der Waals surface area contributed by atoms with Crippen molar-refractivity contribution in [1.29, 1.82) is 0 Å². The summed E-state index contributed by atoms with van der Waals surface area (Å²) in [6, 6.07) is 17.5. The van der Waals surface area contributed by atoms with Crippen molar-refractivity contribution in [1.82, 2.24) is 4.90 Å². The Labute approximate surface area is 148 Å². The Morgan fingerprint density at radius 3 is 2.32 bits per heavy atom. The third-order valence-corrected chi connectivity index (χ3v) is 4.86. The second-order valence-corrected chi connectivity index (χ2v) is 6.61. The number of benzene rings is 2. The van der Waals surface area contributed by atoms with Gasteiger partial charge < -0.3 is 10.2 Å². The number of hydrogen-bond acceptors (Lipinski definition) is 2. The number of aryl methyl sites for hydroxylation is 1. The molecule has 0 aromatic heterocycles. The van der Waals surface area contributed by atoms with E-state index < -0.39 is 0 Å². The van der Waals surface area contributed by atoms with Crippen LogP contribution in [-0.4, -0.2) is 29.8 Å². The lowest BCUT2D eigenvalue weighted by atomic mass is 9.95. The first kappa shape index (κ1) is 17.2. The van der Waals surface area contributed by atoms with E-state index in [4.69, 9.17) is 0 Å². The van der Waals surface area contributed by atoms with Crippen LogP contribution >= 0.6 is 0 Å². The molecule has 0 spiro atoms. The Morgan fingerprint density at radius 2 is 1.64 bits per heavy atom. The van der Waals surface area contributed by atoms with Gasteiger partial charge in [-0.05, 0) is 43.0 Å². The molecule has 2 aromatic carbocycles. The maximum atomic E-state index is 12.5. The topological polar surface area (TPSA) is 49.4 Å². The van der Waals surface area contributed by atoms with Crippen LogP contribution in [0.1, 0.15) is 24.0 Å². The normalized spacial score (nSPS) is 15.0. The number of carbonyl (C=O) groups excluding carboxylic acids is 2. The van der Waals surface area contributed by atoms with E-state index in [0.717, 1.165) is 29.7 Å². The molecular formula is C21H24N2O2. The lowest BCUT2D eigenvalue weighted by molar-refractivity contribution is -0.133. The van der Waals surface area contributed by atoms with E-state index in [0.29, 0.717) is 19.5 Å². The van der Waals surface area contributed by atoms with Gasteiger partial charge >= 0.3 is 0 Å². The smallest absolute Gasteiger partial charge is 0.227 e. The van der Waals surface area contributed by atoms with Crippen LogP contribution < -0.4 is 5.32 Å². The standard InChI is InChI=1S/C21H24N2O2/c1-16-7-5-6-8-18(16)15-20(24)23-13-11-17(12-14-23)21(25)22-19-9-3-2-4-10-19/h2-10,17H,11-15H2,1H3,(H,22,25). The molecule has 25 heavy (non-hydrogen) atoms. The van der Waals surface area contributed by atoms with Crippen molar-refractivity contribution in [2.24, 2.45) is 5.92 Å². The molecule has 0 aliphatic carbocycles. The second kappa shape index (κ2) is 7.97. The highest BCUT2D eigenvalue weighted by Gasteiger charge is 2.27. The third kappa shape index (κ3) is 4.47. The summed E-state index contributed by atoms with van der Waals surface area (Å²) in [7, 11) is 0. The number of nitrogens with one attached hydrogen (secondary N) is 1. The number of piperidine rings is 1. The van der Waals surface area contributed by atoms with Crippen LogP contribution in [0.25, 0.3) is 0 Å². The van der Waals surface area contributed by atoms with Crippen LogP contribution in [0.3, 0.4) is 0 Å². The number of rotatable bonds is 4. The average Bonchev–Trinajstić information content (AvgIpc) is 2.64. The van der Waals surface area contributed by atoms with E-state index >= 15 is 0 Å². The monoisotopic (exact) mass is 336 g/mol. The lowest BCUT2D eigenvalue weighted by Crippen LogP contribution is -2.42. The maximum absolute atomic E-state index is 12.5. The Kier molecular flexibility index (Phi) is 5.49. The molecule has 4 nitrogen and oxygen atoms in total. The molecule has 2 aromatic rings. The van der Waals surface area contributed by atoms with Crippen molar-refractivity contribution in [3.8, 4) is 0 Å². The minimum atomic E-state index is -0.0253. The molecule has 2 amide bonds. The Bertz CT molecular complexity index is 735. The fourth-order valence-electron chi connectivity index (χ4n) is 3.24. The van der Waals surface area contributed by atoms with E-state index in [-0.39, 0.29) is 17.7 Å². The number of carbonyl (C=O) groups is 2. The van der Waals surface area contributed by atoms with Gasteiger partial charge in [0.1, 0.15) is 0 Å². The Balaban J connectivity index is 1.50.